The van der Waals surface area contributed by atoms with E-state index in [0.717, 1.165) is 18.8 Å². The van der Waals surface area contributed by atoms with Crippen molar-refractivity contribution >= 4 is 23.2 Å². The minimum Gasteiger partial charge on any atom is -0.368 e. The van der Waals surface area contributed by atoms with Gasteiger partial charge >= 0.3 is 0 Å². The maximum absolute atomic E-state index is 12.5. The molecule has 1 heterocycles. The lowest BCUT2D eigenvalue weighted by Gasteiger charge is -2.36. The molecule has 5 heteroatoms. The Morgan fingerprint density at radius 1 is 0.893 bits per heavy atom. The highest BCUT2D eigenvalue weighted by Gasteiger charge is 2.23. The van der Waals surface area contributed by atoms with Crippen LogP contribution in [0.2, 0.25) is 0 Å². The molecule has 0 aliphatic carbocycles. The first kappa shape index (κ1) is 19.9. The molecule has 0 unspecified atom stereocenters. The van der Waals surface area contributed by atoms with Crippen molar-refractivity contribution in [3.63, 3.8) is 0 Å². The quantitative estimate of drug-likeness (QED) is 0.825. The zero-order valence-electron chi connectivity index (χ0n) is 16.9. The third-order valence-corrected chi connectivity index (χ3v) is 5.10. The number of anilines is 2. The SMILES string of the molecule is CC(C)(C)c1ccc(NC(=O)CC(=O)N2CCN(c3ccccc3)CC2)cc1. The molecule has 28 heavy (non-hydrogen) atoms. The van der Waals surface area contributed by atoms with E-state index in [2.05, 4.69) is 43.1 Å². The van der Waals surface area contributed by atoms with Crippen molar-refractivity contribution in [3.05, 3.63) is 60.2 Å². The minimum absolute atomic E-state index is 0.0698. The van der Waals surface area contributed by atoms with Gasteiger partial charge < -0.3 is 15.1 Å². The lowest BCUT2D eigenvalue weighted by molar-refractivity contribution is -0.134. The van der Waals surface area contributed by atoms with Gasteiger partial charge in [-0.2, -0.15) is 0 Å². The van der Waals surface area contributed by atoms with E-state index in [1.807, 2.05) is 42.5 Å². The summed E-state index contributed by atoms with van der Waals surface area (Å²) >= 11 is 0. The number of amides is 2. The van der Waals surface area contributed by atoms with Gasteiger partial charge in [-0.15, -0.1) is 0 Å². The van der Waals surface area contributed by atoms with Gasteiger partial charge in [0.1, 0.15) is 6.42 Å². The van der Waals surface area contributed by atoms with Crippen molar-refractivity contribution in [1.82, 2.24) is 4.90 Å². The molecule has 2 amide bonds. The molecule has 1 aliphatic rings. The Labute approximate surface area is 167 Å². The molecular formula is C23H29N3O2. The summed E-state index contributed by atoms with van der Waals surface area (Å²) in [5.74, 6) is -0.379. The first-order valence-electron chi connectivity index (χ1n) is 9.81. The molecule has 0 bridgehead atoms. The summed E-state index contributed by atoms with van der Waals surface area (Å²) in [5, 5.41) is 2.83. The lowest BCUT2D eigenvalue weighted by atomic mass is 9.87. The third-order valence-electron chi connectivity index (χ3n) is 5.10. The van der Waals surface area contributed by atoms with Crippen molar-refractivity contribution < 1.29 is 9.59 Å². The summed E-state index contributed by atoms with van der Waals surface area (Å²) in [4.78, 5) is 28.8. The molecular weight excluding hydrogens is 350 g/mol. The molecule has 1 aliphatic heterocycles. The van der Waals surface area contributed by atoms with Crippen LogP contribution in [0.1, 0.15) is 32.8 Å². The molecule has 0 saturated carbocycles. The lowest BCUT2D eigenvalue weighted by Crippen LogP contribution is -2.49. The maximum Gasteiger partial charge on any atom is 0.233 e. The number of nitrogens with one attached hydrogen (secondary N) is 1. The Balaban J connectivity index is 1.48. The topological polar surface area (TPSA) is 52.7 Å². The highest BCUT2D eigenvalue weighted by atomic mass is 16.2. The Bertz CT molecular complexity index is 802. The van der Waals surface area contributed by atoms with Crippen LogP contribution in [-0.4, -0.2) is 42.9 Å². The van der Waals surface area contributed by atoms with Crippen LogP contribution in [0.4, 0.5) is 11.4 Å². The molecule has 5 nitrogen and oxygen atoms in total. The van der Waals surface area contributed by atoms with Gasteiger partial charge in [0.15, 0.2) is 0 Å². The monoisotopic (exact) mass is 379 g/mol. The number of carbonyl (C=O) groups is 2. The van der Waals surface area contributed by atoms with Gasteiger partial charge in [-0.25, -0.2) is 0 Å². The number of benzene rings is 2. The zero-order chi connectivity index (χ0) is 20.1. The minimum atomic E-state index is -0.265. The number of hydrogen-bond donors (Lipinski definition) is 1. The third kappa shape index (κ3) is 5.12. The number of nitrogens with zero attached hydrogens (tertiary/aromatic N) is 2. The van der Waals surface area contributed by atoms with Crippen LogP contribution in [0.3, 0.4) is 0 Å². The summed E-state index contributed by atoms with van der Waals surface area (Å²) in [7, 11) is 0. The van der Waals surface area contributed by atoms with Gasteiger partial charge in [0.2, 0.25) is 11.8 Å². The van der Waals surface area contributed by atoms with E-state index < -0.39 is 0 Å². The van der Waals surface area contributed by atoms with E-state index in [1.54, 1.807) is 4.90 Å². The van der Waals surface area contributed by atoms with Crippen LogP contribution in [0.25, 0.3) is 0 Å². The molecule has 0 radical (unpaired) electrons. The second-order valence-corrected chi connectivity index (χ2v) is 8.26. The summed E-state index contributed by atoms with van der Waals surface area (Å²) in [5.41, 5.74) is 3.17. The summed E-state index contributed by atoms with van der Waals surface area (Å²) in [6.07, 6.45) is -0.119. The second kappa shape index (κ2) is 8.46. The van der Waals surface area contributed by atoms with E-state index in [4.69, 9.17) is 0 Å². The Morgan fingerprint density at radius 2 is 1.50 bits per heavy atom. The van der Waals surface area contributed by atoms with E-state index in [9.17, 15) is 9.59 Å². The fourth-order valence-electron chi connectivity index (χ4n) is 3.36. The van der Waals surface area contributed by atoms with Crippen molar-refractivity contribution in [2.75, 3.05) is 36.4 Å². The molecule has 0 atom stereocenters. The fourth-order valence-corrected chi connectivity index (χ4v) is 3.36. The smallest absolute Gasteiger partial charge is 0.233 e. The van der Waals surface area contributed by atoms with Crippen LogP contribution in [0.5, 0.6) is 0 Å². The molecule has 1 saturated heterocycles. The average molecular weight is 380 g/mol. The van der Waals surface area contributed by atoms with Crippen LogP contribution in [-0.2, 0) is 15.0 Å². The number of carbonyl (C=O) groups excluding carboxylic acids is 2. The fraction of sp³-hybridized carbons (Fsp3) is 0.391. The molecule has 1 N–H and O–H groups in total. The van der Waals surface area contributed by atoms with Gasteiger partial charge in [-0.05, 0) is 35.2 Å². The standard InChI is InChI=1S/C23H29N3O2/c1-23(2,3)18-9-11-19(12-10-18)24-21(27)17-22(28)26-15-13-25(14-16-26)20-7-5-4-6-8-20/h4-12H,13-17H2,1-3H3,(H,24,27). The number of rotatable bonds is 4. The predicted octanol–water partition coefficient (Wildman–Crippen LogP) is 3.66. The van der Waals surface area contributed by atoms with Gasteiger partial charge in [0.25, 0.3) is 0 Å². The molecule has 0 aromatic heterocycles. The summed E-state index contributed by atoms with van der Waals surface area (Å²) in [6, 6.07) is 18.0. The van der Waals surface area contributed by atoms with E-state index >= 15 is 0 Å². The summed E-state index contributed by atoms with van der Waals surface area (Å²) < 4.78 is 0. The van der Waals surface area contributed by atoms with Crippen molar-refractivity contribution in [2.24, 2.45) is 0 Å². The van der Waals surface area contributed by atoms with Crippen molar-refractivity contribution in [2.45, 2.75) is 32.6 Å². The molecule has 2 aromatic carbocycles. The molecule has 2 aromatic rings. The average Bonchev–Trinajstić information content (AvgIpc) is 2.68. The van der Waals surface area contributed by atoms with Crippen LogP contribution in [0.15, 0.2) is 54.6 Å². The predicted molar refractivity (Wildman–Crippen MR) is 114 cm³/mol. The zero-order valence-corrected chi connectivity index (χ0v) is 16.9. The first-order valence-corrected chi connectivity index (χ1v) is 9.81. The number of piperazine rings is 1. The maximum atomic E-state index is 12.5. The first-order chi connectivity index (χ1) is 13.3. The van der Waals surface area contributed by atoms with Crippen molar-refractivity contribution in [1.29, 1.82) is 0 Å². The largest absolute Gasteiger partial charge is 0.368 e. The highest BCUT2D eigenvalue weighted by molar-refractivity contribution is 6.03. The highest BCUT2D eigenvalue weighted by Crippen LogP contribution is 2.23. The molecule has 3 rings (SSSR count). The Hall–Kier alpha value is -2.82. The number of para-hydroxylation sites is 1. The van der Waals surface area contributed by atoms with Crippen LogP contribution < -0.4 is 10.2 Å². The molecule has 1 fully saturated rings. The van der Waals surface area contributed by atoms with Gasteiger partial charge in [-0.3, -0.25) is 9.59 Å². The Kier molecular flexibility index (Phi) is 6.02. The van der Waals surface area contributed by atoms with Crippen molar-refractivity contribution in [3.8, 4) is 0 Å². The van der Waals surface area contributed by atoms with Gasteiger partial charge in [-0.1, -0.05) is 51.1 Å². The van der Waals surface area contributed by atoms with Gasteiger partial charge in [0, 0.05) is 37.6 Å². The van der Waals surface area contributed by atoms with E-state index in [0.29, 0.717) is 13.1 Å². The van der Waals surface area contributed by atoms with Crippen LogP contribution >= 0.6 is 0 Å². The van der Waals surface area contributed by atoms with E-state index in [1.165, 1.54) is 11.3 Å². The van der Waals surface area contributed by atoms with Gasteiger partial charge in [0.05, 0.1) is 0 Å². The van der Waals surface area contributed by atoms with Crippen LogP contribution in [0, 0.1) is 0 Å². The molecule has 0 spiro atoms. The number of hydrogen-bond acceptors (Lipinski definition) is 3. The summed E-state index contributed by atoms with van der Waals surface area (Å²) in [6.45, 7) is 9.30. The Morgan fingerprint density at radius 3 is 2.07 bits per heavy atom. The second-order valence-electron chi connectivity index (χ2n) is 8.26. The molecule has 148 valence electrons. The van der Waals surface area contributed by atoms with E-state index in [-0.39, 0.29) is 23.7 Å². The normalized spacial score (nSPS) is 14.7.